The third kappa shape index (κ3) is 2.17. The van der Waals surface area contributed by atoms with Crippen LogP contribution in [-0.4, -0.2) is 38.3 Å². The monoisotopic (exact) mass is 158 g/mol. The second-order valence-electron chi connectivity index (χ2n) is 2.82. The molecule has 2 N–H and O–H groups in total. The standard InChI is InChI=1S/C7H14N2O2/c1-5-3-8-7(10)6(9-5)4-11-2/h5-6,9H,3-4H2,1-2H3,(H,8,10). The van der Waals surface area contributed by atoms with E-state index in [0.717, 1.165) is 0 Å². The first-order chi connectivity index (χ1) is 5.24. The van der Waals surface area contributed by atoms with Crippen molar-refractivity contribution in [1.82, 2.24) is 10.6 Å². The lowest BCUT2D eigenvalue weighted by Crippen LogP contribution is -2.58. The van der Waals surface area contributed by atoms with Crippen molar-refractivity contribution in [3.05, 3.63) is 0 Å². The first kappa shape index (κ1) is 8.49. The minimum atomic E-state index is -0.177. The quantitative estimate of drug-likeness (QED) is 0.548. The zero-order chi connectivity index (χ0) is 8.27. The molecule has 1 saturated heterocycles. The maximum Gasteiger partial charge on any atom is 0.239 e. The summed E-state index contributed by atoms with van der Waals surface area (Å²) >= 11 is 0. The van der Waals surface area contributed by atoms with Gasteiger partial charge in [0.15, 0.2) is 0 Å². The number of nitrogens with one attached hydrogen (secondary N) is 2. The number of hydrogen-bond acceptors (Lipinski definition) is 3. The van der Waals surface area contributed by atoms with E-state index in [2.05, 4.69) is 10.6 Å². The molecule has 1 aliphatic heterocycles. The van der Waals surface area contributed by atoms with Crippen LogP contribution in [0.5, 0.6) is 0 Å². The van der Waals surface area contributed by atoms with Gasteiger partial charge in [-0.05, 0) is 6.92 Å². The molecule has 4 heteroatoms. The lowest BCUT2D eigenvalue weighted by atomic mass is 10.2. The molecule has 0 aromatic carbocycles. The molecule has 1 rings (SSSR count). The van der Waals surface area contributed by atoms with E-state index in [9.17, 15) is 4.79 Å². The summed E-state index contributed by atoms with van der Waals surface area (Å²) in [6, 6.07) is 0.164. The molecule has 2 atom stereocenters. The van der Waals surface area contributed by atoms with Gasteiger partial charge in [-0.3, -0.25) is 10.1 Å². The number of piperazine rings is 1. The maximum absolute atomic E-state index is 11.1. The number of hydrogen-bond donors (Lipinski definition) is 2. The Morgan fingerprint density at radius 3 is 3.09 bits per heavy atom. The van der Waals surface area contributed by atoms with E-state index < -0.39 is 0 Å². The highest BCUT2D eigenvalue weighted by molar-refractivity contribution is 5.82. The Labute approximate surface area is 66.3 Å². The minimum absolute atomic E-state index is 0.0324. The molecule has 1 amide bonds. The number of carbonyl (C=O) groups excluding carboxylic acids is 1. The van der Waals surface area contributed by atoms with Gasteiger partial charge < -0.3 is 10.1 Å². The Balaban J connectivity index is 2.40. The molecule has 0 saturated carbocycles. The Morgan fingerprint density at radius 2 is 2.45 bits per heavy atom. The highest BCUT2D eigenvalue weighted by atomic mass is 16.5. The average molecular weight is 158 g/mol. The van der Waals surface area contributed by atoms with E-state index in [-0.39, 0.29) is 11.9 Å². The third-order valence-electron chi connectivity index (χ3n) is 1.72. The normalized spacial score (nSPS) is 31.6. The predicted molar refractivity (Wildman–Crippen MR) is 41.3 cm³/mol. The zero-order valence-electron chi connectivity index (χ0n) is 6.89. The zero-order valence-corrected chi connectivity index (χ0v) is 6.89. The van der Waals surface area contributed by atoms with Gasteiger partial charge in [0.25, 0.3) is 0 Å². The van der Waals surface area contributed by atoms with Crippen LogP contribution >= 0.6 is 0 Å². The lowest BCUT2D eigenvalue weighted by molar-refractivity contribution is -0.126. The van der Waals surface area contributed by atoms with E-state index in [1.807, 2.05) is 6.92 Å². The molecule has 0 bridgehead atoms. The van der Waals surface area contributed by atoms with Crippen molar-refractivity contribution in [3.63, 3.8) is 0 Å². The van der Waals surface area contributed by atoms with Crippen molar-refractivity contribution in [2.75, 3.05) is 20.3 Å². The maximum atomic E-state index is 11.1. The number of amides is 1. The Hall–Kier alpha value is -0.610. The molecule has 0 aliphatic carbocycles. The van der Waals surface area contributed by atoms with Crippen LogP contribution < -0.4 is 10.6 Å². The number of carbonyl (C=O) groups is 1. The Morgan fingerprint density at radius 1 is 1.73 bits per heavy atom. The fraction of sp³-hybridized carbons (Fsp3) is 0.857. The van der Waals surface area contributed by atoms with Crippen LogP contribution in [0.3, 0.4) is 0 Å². The highest BCUT2D eigenvalue weighted by Crippen LogP contribution is 1.95. The van der Waals surface area contributed by atoms with E-state index in [1.165, 1.54) is 0 Å². The summed E-state index contributed by atoms with van der Waals surface area (Å²) in [5.41, 5.74) is 0. The molecule has 4 nitrogen and oxygen atoms in total. The first-order valence-corrected chi connectivity index (χ1v) is 3.76. The number of methoxy groups -OCH3 is 1. The van der Waals surface area contributed by atoms with Gasteiger partial charge >= 0.3 is 0 Å². The summed E-state index contributed by atoms with van der Waals surface area (Å²) < 4.78 is 4.88. The highest BCUT2D eigenvalue weighted by Gasteiger charge is 2.24. The van der Waals surface area contributed by atoms with E-state index >= 15 is 0 Å². The minimum Gasteiger partial charge on any atom is -0.383 e. The van der Waals surface area contributed by atoms with Crippen LogP contribution in [0.4, 0.5) is 0 Å². The van der Waals surface area contributed by atoms with Crippen LogP contribution in [0.15, 0.2) is 0 Å². The summed E-state index contributed by atoms with van der Waals surface area (Å²) in [5.74, 6) is 0.0324. The summed E-state index contributed by atoms with van der Waals surface area (Å²) in [4.78, 5) is 11.1. The molecule has 2 unspecified atom stereocenters. The van der Waals surface area contributed by atoms with Gasteiger partial charge in [0.05, 0.1) is 6.61 Å². The van der Waals surface area contributed by atoms with Crippen LogP contribution in [0.2, 0.25) is 0 Å². The van der Waals surface area contributed by atoms with E-state index in [0.29, 0.717) is 19.2 Å². The van der Waals surface area contributed by atoms with Crippen LogP contribution in [0.1, 0.15) is 6.92 Å². The topological polar surface area (TPSA) is 50.4 Å². The van der Waals surface area contributed by atoms with Crippen molar-refractivity contribution < 1.29 is 9.53 Å². The third-order valence-corrected chi connectivity index (χ3v) is 1.72. The molecule has 0 spiro atoms. The van der Waals surface area contributed by atoms with Gasteiger partial charge in [0.2, 0.25) is 5.91 Å². The second kappa shape index (κ2) is 3.69. The number of rotatable bonds is 2. The van der Waals surface area contributed by atoms with Gasteiger partial charge in [-0.25, -0.2) is 0 Å². The average Bonchev–Trinajstić information content (AvgIpc) is 1.98. The number of ether oxygens (including phenoxy) is 1. The van der Waals surface area contributed by atoms with E-state index in [4.69, 9.17) is 4.74 Å². The fourth-order valence-electron chi connectivity index (χ4n) is 1.15. The van der Waals surface area contributed by atoms with Crippen LogP contribution in [0.25, 0.3) is 0 Å². The molecule has 11 heavy (non-hydrogen) atoms. The second-order valence-corrected chi connectivity index (χ2v) is 2.82. The molecule has 1 fully saturated rings. The molecule has 64 valence electrons. The van der Waals surface area contributed by atoms with Crippen molar-refractivity contribution in [2.24, 2.45) is 0 Å². The Kier molecular flexibility index (Phi) is 2.84. The molecule has 0 radical (unpaired) electrons. The summed E-state index contributed by atoms with van der Waals surface area (Å²) in [7, 11) is 1.59. The van der Waals surface area contributed by atoms with Crippen molar-refractivity contribution in [3.8, 4) is 0 Å². The van der Waals surface area contributed by atoms with Crippen LogP contribution in [-0.2, 0) is 9.53 Å². The Bertz CT molecular complexity index is 149. The van der Waals surface area contributed by atoms with Crippen molar-refractivity contribution in [2.45, 2.75) is 19.0 Å². The molecule has 0 aromatic rings. The fourth-order valence-corrected chi connectivity index (χ4v) is 1.15. The van der Waals surface area contributed by atoms with Gasteiger partial charge in [-0.15, -0.1) is 0 Å². The van der Waals surface area contributed by atoms with E-state index in [1.54, 1.807) is 7.11 Å². The largest absolute Gasteiger partial charge is 0.383 e. The summed E-state index contributed by atoms with van der Waals surface area (Å²) in [6.07, 6.45) is 0. The SMILES string of the molecule is COCC1NC(C)CNC1=O. The van der Waals surface area contributed by atoms with Gasteiger partial charge in [0.1, 0.15) is 6.04 Å². The summed E-state index contributed by atoms with van der Waals surface area (Å²) in [5, 5.41) is 5.92. The molecule has 1 heterocycles. The predicted octanol–water partition coefficient (Wildman–Crippen LogP) is -0.891. The lowest BCUT2D eigenvalue weighted by Gasteiger charge is -2.27. The smallest absolute Gasteiger partial charge is 0.239 e. The van der Waals surface area contributed by atoms with Gasteiger partial charge in [0, 0.05) is 19.7 Å². The van der Waals surface area contributed by atoms with Crippen molar-refractivity contribution >= 4 is 5.91 Å². The van der Waals surface area contributed by atoms with Gasteiger partial charge in [-0.1, -0.05) is 0 Å². The molecular weight excluding hydrogens is 144 g/mol. The van der Waals surface area contributed by atoms with Gasteiger partial charge in [-0.2, -0.15) is 0 Å². The first-order valence-electron chi connectivity index (χ1n) is 3.76. The van der Waals surface area contributed by atoms with Crippen LogP contribution in [0, 0.1) is 0 Å². The summed E-state index contributed by atoms with van der Waals surface area (Å²) in [6.45, 7) is 3.18. The van der Waals surface area contributed by atoms with Crippen molar-refractivity contribution in [1.29, 1.82) is 0 Å². The molecule has 1 aliphatic rings. The molecular formula is C7H14N2O2. The molecule has 0 aromatic heterocycles.